The molecule has 9 nitrogen and oxygen atoms in total. The third kappa shape index (κ3) is 6.61. The van der Waals surface area contributed by atoms with E-state index in [1.54, 1.807) is 24.3 Å². The number of benzene rings is 3. The molecule has 190 valence electrons. The van der Waals surface area contributed by atoms with E-state index in [2.05, 4.69) is 4.74 Å². The van der Waals surface area contributed by atoms with E-state index < -0.39 is 33.7 Å². The van der Waals surface area contributed by atoms with Crippen LogP contribution in [0.1, 0.15) is 36.7 Å². The van der Waals surface area contributed by atoms with Gasteiger partial charge in [-0.25, -0.2) is 4.79 Å². The zero-order chi connectivity index (χ0) is 26.3. The lowest BCUT2D eigenvalue weighted by molar-refractivity contribution is -0.149. The summed E-state index contributed by atoms with van der Waals surface area (Å²) in [6.45, 7) is 4.38. The Balaban J connectivity index is 1.95. The Morgan fingerprint density at radius 3 is 2.25 bits per heavy atom. The van der Waals surface area contributed by atoms with Gasteiger partial charge in [-0.15, -0.1) is 4.47 Å². The smallest absolute Gasteiger partial charge is 0.342 e. The van der Waals surface area contributed by atoms with Crippen molar-refractivity contribution >= 4 is 27.6 Å². The van der Waals surface area contributed by atoms with Gasteiger partial charge in [0.2, 0.25) is 6.79 Å². The molecule has 0 fully saturated rings. The van der Waals surface area contributed by atoms with Gasteiger partial charge in [-0.1, -0.05) is 44.2 Å². The number of para-hydroxylation sites is 1. The number of nitrogens with zero attached hydrogens (tertiary/aromatic N) is 1. The van der Waals surface area contributed by atoms with Gasteiger partial charge in [-0.2, -0.15) is 8.42 Å². The molecule has 0 saturated carbocycles. The van der Waals surface area contributed by atoms with Crippen LogP contribution in [0.2, 0.25) is 0 Å². The van der Waals surface area contributed by atoms with Crippen LogP contribution in [0.25, 0.3) is 0 Å². The zero-order valence-electron chi connectivity index (χ0n) is 20.1. The lowest BCUT2D eigenvalue weighted by Crippen LogP contribution is -2.30. The highest BCUT2D eigenvalue weighted by atomic mass is 32.2. The monoisotopic (exact) mass is 513 g/mol. The van der Waals surface area contributed by atoms with Crippen LogP contribution < -0.4 is 9.21 Å². The van der Waals surface area contributed by atoms with Crippen LogP contribution in [0.15, 0.2) is 77.7 Å². The second-order valence-corrected chi connectivity index (χ2v) is 9.97. The van der Waals surface area contributed by atoms with Crippen LogP contribution in [0.4, 0.5) is 5.69 Å². The fourth-order valence-electron chi connectivity index (χ4n) is 3.37. The number of rotatable bonds is 10. The molecule has 3 rings (SSSR count). The van der Waals surface area contributed by atoms with Crippen molar-refractivity contribution in [3.05, 3.63) is 83.9 Å². The minimum atomic E-state index is -4.60. The Bertz CT molecular complexity index is 1320. The zero-order valence-corrected chi connectivity index (χ0v) is 20.9. The summed E-state index contributed by atoms with van der Waals surface area (Å²) in [7, 11) is -4.60. The second-order valence-electron chi connectivity index (χ2n) is 8.23. The van der Waals surface area contributed by atoms with Crippen molar-refractivity contribution in [2.75, 3.05) is 11.3 Å². The molecule has 0 unspecified atom stereocenters. The summed E-state index contributed by atoms with van der Waals surface area (Å²) in [5, 5.41) is 10.9. The second kappa shape index (κ2) is 11.7. The maximum Gasteiger partial charge on any atom is 0.342 e. The number of hydrogen-bond donors (Lipinski definition) is 1. The SMILES string of the molecule is CC(=O)OCOC(=O)c1ccccc1S(=O)(=O)N(O)c1ccc(Oc2ccccc2)cc1CC(C)C. The molecule has 3 aromatic carbocycles. The van der Waals surface area contributed by atoms with E-state index in [0.29, 0.717) is 23.5 Å². The standard InChI is InChI=1S/C26H27NO8S/c1-18(2)15-20-16-22(35-21-9-5-4-6-10-21)13-14-24(20)27(30)36(31,32)25-12-8-7-11-23(25)26(29)34-17-33-19(3)28/h4-14,16,18,30H,15,17H2,1-3H3. The average Bonchev–Trinajstić information content (AvgIpc) is 2.84. The summed E-state index contributed by atoms with van der Waals surface area (Å²) in [5.41, 5.74) is 0.227. The highest BCUT2D eigenvalue weighted by Gasteiger charge is 2.31. The van der Waals surface area contributed by atoms with Gasteiger partial charge in [0.25, 0.3) is 10.0 Å². The number of sulfonamides is 1. The van der Waals surface area contributed by atoms with Gasteiger partial charge in [-0.3, -0.25) is 10.0 Å². The Labute approximate surface area is 209 Å². The van der Waals surface area contributed by atoms with Gasteiger partial charge >= 0.3 is 11.9 Å². The lowest BCUT2D eigenvalue weighted by Gasteiger charge is -2.22. The Hall–Kier alpha value is -3.89. The van der Waals surface area contributed by atoms with Crippen molar-refractivity contribution in [1.82, 2.24) is 0 Å². The third-order valence-corrected chi connectivity index (χ3v) is 6.49. The van der Waals surface area contributed by atoms with E-state index in [9.17, 15) is 23.2 Å². The molecule has 0 atom stereocenters. The third-order valence-electron chi connectivity index (χ3n) is 4.93. The first-order valence-corrected chi connectivity index (χ1v) is 12.5. The minimum absolute atomic E-state index is 0.0206. The van der Waals surface area contributed by atoms with Crippen molar-refractivity contribution < 1.29 is 37.4 Å². The molecule has 0 aliphatic carbocycles. The first kappa shape index (κ1) is 26.7. The Morgan fingerprint density at radius 2 is 1.58 bits per heavy atom. The van der Waals surface area contributed by atoms with Gasteiger partial charge < -0.3 is 14.2 Å². The van der Waals surface area contributed by atoms with Gasteiger partial charge in [0.1, 0.15) is 16.4 Å². The minimum Gasteiger partial charge on any atom is -0.457 e. The van der Waals surface area contributed by atoms with Crippen LogP contribution in [0.5, 0.6) is 11.5 Å². The normalized spacial score (nSPS) is 11.1. The van der Waals surface area contributed by atoms with Gasteiger partial charge in [0.15, 0.2) is 0 Å². The molecule has 0 spiro atoms. The number of esters is 2. The molecular formula is C26H27NO8S. The van der Waals surface area contributed by atoms with Crippen molar-refractivity contribution in [2.45, 2.75) is 32.1 Å². The van der Waals surface area contributed by atoms with E-state index >= 15 is 0 Å². The first-order chi connectivity index (χ1) is 17.1. The number of carbonyl (C=O) groups excluding carboxylic acids is 2. The number of ether oxygens (including phenoxy) is 3. The molecule has 3 aromatic rings. The molecule has 0 amide bonds. The summed E-state index contributed by atoms with van der Waals surface area (Å²) in [6, 6.07) is 19.0. The summed E-state index contributed by atoms with van der Waals surface area (Å²) in [5.74, 6) is -0.480. The summed E-state index contributed by atoms with van der Waals surface area (Å²) >= 11 is 0. The van der Waals surface area contributed by atoms with Gasteiger partial charge in [0.05, 0.1) is 11.3 Å². The van der Waals surface area contributed by atoms with Crippen LogP contribution in [0.3, 0.4) is 0 Å². The van der Waals surface area contributed by atoms with Crippen LogP contribution >= 0.6 is 0 Å². The first-order valence-electron chi connectivity index (χ1n) is 11.1. The molecule has 0 radical (unpaired) electrons. The molecule has 0 aliphatic heterocycles. The van der Waals surface area contributed by atoms with Crippen molar-refractivity contribution in [3.8, 4) is 11.5 Å². The highest BCUT2D eigenvalue weighted by Crippen LogP contribution is 2.33. The topological polar surface area (TPSA) is 119 Å². The van der Waals surface area contributed by atoms with Crippen molar-refractivity contribution in [3.63, 3.8) is 0 Å². The van der Waals surface area contributed by atoms with Gasteiger partial charge in [0, 0.05) is 6.92 Å². The van der Waals surface area contributed by atoms with Crippen LogP contribution in [-0.2, 0) is 30.7 Å². The maximum atomic E-state index is 13.4. The molecule has 0 saturated heterocycles. The molecule has 10 heteroatoms. The molecule has 0 aromatic heterocycles. The molecular weight excluding hydrogens is 486 g/mol. The van der Waals surface area contributed by atoms with E-state index in [0.717, 1.165) is 6.92 Å². The number of hydrogen-bond acceptors (Lipinski definition) is 8. The highest BCUT2D eigenvalue weighted by molar-refractivity contribution is 7.92. The maximum absolute atomic E-state index is 13.4. The quantitative estimate of drug-likeness (QED) is 0.230. The fourth-order valence-corrected chi connectivity index (χ4v) is 4.67. The predicted octanol–water partition coefficient (Wildman–Crippen LogP) is 4.94. The lowest BCUT2D eigenvalue weighted by atomic mass is 10.0. The fraction of sp³-hybridized carbons (Fsp3) is 0.231. The Morgan fingerprint density at radius 1 is 0.917 bits per heavy atom. The van der Waals surface area contributed by atoms with E-state index in [4.69, 9.17) is 9.47 Å². The van der Waals surface area contributed by atoms with E-state index in [1.165, 1.54) is 30.3 Å². The van der Waals surface area contributed by atoms with E-state index in [1.807, 2.05) is 32.0 Å². The molecule has 36 heavy (non-hydrogen) atoms. The summed E-state index contributed by atoms with van der Waals surface area (Å²) < 4.78 is 42.2. The van der Waals surface area contributed by atoms with Gasteiger partial charge in [-0.05, 0) is 60.4 Å². The largest absolute Gasteiger partial charge is 0.457 e. The average molecular weight is 514 g/mol. The molecule has 1 N–H and O–H groups in total. The van der Waals surface area contributed by atoms with E-state index in [-0.39, 0.29) is 21.6 Å². The summed E-state index contributed by atoms with van der Waals surface area (Å²) in [6.07, 6.45) is 0.444. The predicted molar refractivity (Wildman–Crippen MR) is 131 cm³/mol. The van der Waals surface area contributed by atoms with Crippen molar-refractivity contribution in [1.29, 1.82) is 0 Å². The molecule has 0 aliphatic rings. The molecule has 0 bridgehead atoms. The summed E-state index contributed by atoms with van der Waals surface area (Å²) in [4.78, 5) is 22.9. The van der Waals surface area contributed by atoms with Crippen LogP contribution in [-0.4, -0.2) is 32.4 Å². The molecule has 0 heterocycles. The van der Waals surface area contributed by atoms with Crippen LogP contribution in [0, 0.1) is 5.92 Å². The Kier molecular flexibility index (Phi) is 8.68. The number of anilines is 1. The van der Waals surface area contributed by atoms with Crippen molar-refractivity contribution in [2.24, 2.45) is 5.92 Å². The number of carbonyl (C=O) groups is 2.